The van der Waals surface area contributed by atoms with Crippen molar-refractivity contribution >= 4 is 66.7 Å². The third-order valence-corrected chi connectivity index (χ3v) is 9.28. The minimum absolute atomic E-state index is 0.0579. The van der Waals surface area contributed by atoms with E-state index >= 15 is 0 Å². The fourth-order valence-electron chi connectivity index (χ4n) is 3.96. The maximum Gasteiger partial charge on any atom is 0.413 e. The number of aliphatic hydroxyl groups is 2. The highest BCUT2D eigenvalue weighted by molar-refractivity contribution is 7.99. The number of amidine groups is 2. The molecule has 57 heavy (non-hydrogen) atoms. The summed E-state index contributed by atoms with van der Waals surface area (Å²) in [7, 11) is -6.53. The number of thioether (sulfide) groups is 1. The fourth-order valence-corrected chi connectivity index (χ4v) is 5.23. The van der Waals surface area contributed by atoms with Crippen molar-refractivity contribution in [3.63, 3.8) is 0 Å². The van der Waals surface area contributed by atoms with Crippen LogP contribution in [0.1, 0.15) is 43.7 Å². The van der Waals surface area contributed by atoms with E-state index in [-0.39, 0.29) is 11.7 Å². The number of anilines is 1. The molecule has 0 spiro atoms. The van der Waals surface area contributed by atoms with Gasteiger partial charge in [-0.3, -0.25) is 25.2 Å². The van der Waals surface area contributed by atoms with Gasteiger partial charge in [0.2, 0.25) is 5.95 Å². The minimum atomic E-state index is -3.92. The second-order valence-corrected chi connectivity index (χ2v) is 15.7. The number of hydrogen-bond donors (Lipinski definition) is 10. The number of aliphatic hydroxyl groups excluding tert-OH is 2. The lowest BCUT2D eigenvalue weighted by Gasteiger charge is -2.08. The first-order valence-corrected chi connectivity index (χ1v) is 21.4. The SMILES string of the molecule is CCCSc1ccc2nc(NC(=O)OC)[nH]c2c1.N=C(N)c1ccc(OCCCCCOc2ccc(C(=N)N)cc2)cc1.O=S(=O)(O)CCO.O=S(=O)(O)CCO. The zero-order valence-electron chi connectivity index (χ0n) is 31.5. The summed E-state index contributed by atoms with van der Waals surface area (Å²) in [6.07, 6.45) is 3.51. The van der Waals surface area contributed by atoms with Crippen LogP contribution in [0.4, 0.5) is 10.7 Å². The van der Waals surface area contributed by atoms with Crippen molar-refractivity contribution in [3.05, 3.63) is 77.9 Å². The lowest BCUT2D eigenvalue weighted by molar-refractivity contribution is 0.186. The van der Waals surface area contributed by atoms with Crippen LogP contribution in [0.5, 0.6) is 11.5 Å². The largest absolute Gasteiger partial charge is 0.494 e. The molecule has 1 heterocycles. The molecular weight excluding hydrogens is 807 g/mol. The first-order valence-electron chi connectivity index (χ1n) is 17.1. The molecule has 0 saturated carbocycles. The van der Waals surface area contributed by atoms with Crippen molar-refractivity contribution in [1.29, 1.82) is 10.8 Å². The minimum Gasteiger partial charge on any atom is -0.494 e. The average molecular weight is 858 g/mol. The Kier molecular flexibility index (Phi) is 23.5. The van der Waals surface area contributed by atoms with E-state index in [2.05, 4.69) is 26.9 Å². The number of aromatic nitrogens is 2. The highest BCUT2D eigenvalue weighted by Gasteiger charge is 2.07. The van der Waals surface area contributed by atoms with E-state index in [0.29, 0.717) is 30.3 Å². The number of amides is 1. The van der Waals surface area contributed by atoms with E-state index in [1.54, 1.807) is 36.0 Å². The Labute approximate surface area is 336 Å². The van der Waals surface area contributed by atoms with Gasteiger partial charge in [0, 0.05) is 16.0 Å². The molecule has 3 aromatic carbocycles. The van der Waals surface area contributed by atoms with Crippen LogP contribution in [-0.4, -0.2) is 115 Å². The third-order valence-electron chi connectivity index (χ3n) is 6.69. The van der Waals surface area contributed by atoms with Gasteiger partial charge in [0.25, 0.3) is 20.2 Å². The number of carbonyl (C=O) groups is 1. The molecule has 0 saturated heterocycles. The van der Waals surface area contributed by atoms with Crippen molar-refractivity contribution < 1.29 is 55.2 Å². The number of imidazole rings is 1. The molecule has 22 heteroatoms. The van der Waals surface area contributed by atoms with Gasteiger partial charge >= 0.3 is 6.09 Å². The Balaban J connectivity index is 0.000000439. The number of benzene rings is 3. The van der Waals surface area contributed by atoms with E-state index < -0.39 is 51.0 Å². The first kappa shape index (κ1) is 50.0. The highest BCUT2D eigenvalue weighted by atomic mass is 32.2. The van der Waals surface area contributed by atoms with Crippen molar-refractivity contribution in [1.82, 2.24) is 9.97 Å². The molecule has 0 aliphatic rings. The number of aromatic amines is 1. The van der Waals surface area contributed by atoms with Gasteiger partial charge in [-0.1, -0.05) is 6.92 Å². The number of nitrogens with zero attached hydrogens (tertiary/aromatic N) is 1. The molecule has 0 radical (unpaired) electrons. The van der Waals surface area contributed by atoms with Gasteiger partial charge in [-0.15, -0.1) is 11.8 Å². The van der Waals surface area contributed by atoms with Crippen molar-refractivity contribution in [2.75, 3.05) is 56.1 Å². The Hall–Kier alpha value is -4.97. The Bertz CT molecular complexity index is 1930. The second-order valence-electron chi connectivity index (χ2n) is 11.4. The molecule has 0 aliphatic carbocycles. The van der Waals surface area contributed by atoms with E-state index in [4.69, 9.17) is 51.1 Å². The number of ether oxygens (including phenoxy) is 3. The number of rotatable bonds is 18. The van der Waals surface area contributed by atoms with Crippen LogP contribution in [0.25, 0.3) is 11.0 Å². The number of nitrogens with one attached hydrogen (secondary N) is 4. The molecule has 0 unspecified atom stereocenters. The molecule has 19 nitrogen and oxygen atoms in total. The van der Waals surface area contributed by atoms with Crippen LogP contribution in [0, 0.1) is 10.8 Å². The summed E-state index contributed by atoms with van der Waals surface area (Å²) in [5.74, 6) is 2.02. The van der Waals surface area contributed by atoms with Gasteiger partial charge in [0.1, 0.15) is 23.2 Å². The van der Waals surface area contributed by atoms with Crippen LogP contribution in [-0.2, 0) is 25.0 Å². The van der Waals surface area contributed by atoms with Gasteiger partial charge in [0.05, 0.1) is 56.1 Å². The standard InChI is InChI=1S/C19H24N4O2.C12H15N3O2S.2C2H6O4S/c20-18(21)14-4-8-16(9-5-14)24-12-2-1-3-13-25-17-10-6-15(7-11-17)19(22)23;1-3-6-18-8-4-5-9-10(7-8)14-11(13-9)15-12(16)17-2;2*3-1-2-7(4,5)6/h4-11H,1-3,12-13H2,(H3,20,21)(H3,22,23);4-5,7H,3,6H2,1-2H3,(H2,13,14,15,16);2*3H,1-2H2,(H,4,5,6). The lowest BCUT2D eigenvalue weighted by atomic mass is 10.2. The van der Waals surface area contributed by atoms with E-state index in [0.717, 1.165) is 54.0 Å². The van der Waals surface area contributed by atoms with Crippen LogP contribution < -0.4 is 26.3 Å². The maximum atomic E-state index is 11.1. The first-order chi connectivity index (χ1) is 26.9. The summed E-state index contributed by atoms with van der Waals surface area (Å²) in [6.45, 7) is 2.39. The Morgan fingerprint density at radius 1 is 0.807 bits per heavy atom. The molecule has 0 bridgehead atoms. The normalized spacial score (nSPS) is 10.7. The topological polar surface area (TPSA) is 334 Å². The van der Waals surface area contributed by atoms with Gasteiger partial charge in [-0.25, -0.2) is 9.78 Å². The van der Waals surface area contributed by atoms with Crippen LogP contribution in [0.3, 0.4) is 0 Å². The molecule has 4 rings (SSSR count). The van der Waals surface area contributed by atoms with Crippen molar-refractivity contribution in [2.24, 2.45) is 11.5 Å². The van der Waals surface area contributed by atoms with Gasteiger partial charge < -0.3 is 40.9 Å². The van der Waals surface area contributed by atoms with Gasteiger partial charge in [0.15, 0.2) is 0 Å². The van der Waals surface area contributed by atoms with Crippen LogP contribution in [0.15, 0.2) is 71.6 Å². The summed E-state index contributed by atoms with van der Waals surface area (Å²) < 4.78 is 70.0. The molecule has 0 atom stereocenters. The number of nitrogen functional groups attached to an aromatic ring is 2. The summed E-state index contributed by atoms with van der Waals surface area (Å²) in [6, 6.07) is 20.4. The number of unbranched alkanes of at least 4 members (excludes halogenated alkanes) is 2. The average Bonchev–Trinajstić information content (AvgIpc) is 3.55. The number of fused-ring (bicyclic) bond motifs is 1. The zero-order chi connectivity index (χ0) is 42.9. The highest BCUT2D eigenvalue weighted by Crippen LogP contribution is 2.24. The smallest absolute Gasteiger partial charge is 0.413 e. The van der Waals surface area contributed by atoms with Gasteiger partial charge in [-0.05, 0) is 98.2 Å². The molecule has 0 aliphatic heterocycles. The number of hydrogen-bond acceptors (Lipinski definition) is 14. The van der Waals surface area contributed by atoms with E-state index in [1.165, 1.54) is 12.0 Å². The Morgan fingerprint density at radius 2 is 1.28 bits per heavy atom. The number of methoxy groups -OCH3 is 1. The fraction of sp³-hybridized carbons (Fsp3) is 0.371. The molecule has 316 valence electrons. The lowest BCUT2D eigenvalue weighted by Crippen LogP contribution is -2.11. The third kappa shape index (κ3) is 23.6. The number of H-pyrrole nitrogens is 1. The predicted molar refractivity (Wildman–Crippen MR) is 220 cm³/mol. The monoisotopic (exact) mass is 857 g/mol. The van der Waals surface area contributed by atoms with Gasteiger partial charge in [-0.2, -0.15) is 16.8 Å². The van der Waals surface area contributed by atoms with Crippen molar-refractivity contribution in [3.8, 4) is 11.5 Å². The molecule has 4 aromatic rings. The van der Waals surface area contributed by atoms with Crippen LogP contribution in [0.2, 0.25) is 0 Å². The summed E-state index contributed by atoms with van der Waals surface area (Å²) in [5.41, 5.74) is 13.9. The summed E-state index contributed by atoms with van der Waals surface area (Å²) in [4.78, 5) is 19.5. The quantitative estimate of drug-likeness (QED) is 0.0223. The van der Waals surface area contributed by atoms with E-state index in [9.17, 15) is 21.6 Å². The molecular formula is C35H51N7O12S3. The Morgan fingerprint density at radius 3 is 1.65 bits per heavy atom. The molecule has 12 N–H and O–H groups in total. The summed E-state index contributed by atoms with van der Waals surface area (Å²) >= 11 is 1.80. The molecule has 1 aromatic heterocycles. The molecule has 0 fully saturated rings. The number of carbonyl (C=O) groups excluding carboxylic acids is 1. The van der Waals surface area contributed by atoms with Crippen molar-refractivity contribution in [2.45, 2.75) is 37.5 Å². The van der Waals surface area contributed by atoms with E-state index in [1.807, 2.05) is 42.5 Å². The predicted octanol–water partition coefficient (Wildman–Crippen LogP) is 3.86. The number of nitrogens with two attached hydrogens (primary N) is 2. The summed E-state index contributed by atoms with van der Waals surface area (Å²) in [5, 5.41) is 32.9. The van der Waals surface area contributed by atoms with Crippen LogP contribution >= 0.6 is 11.8 Å². The maximum absolute atomic E-state index is 11.1. The molecule has 1 amide bonds. The zero-order valence-corrected chi connectivity index (χ0v) is 34.0. The second kappa shape index (κ2) is 26.8.